The number of hydrogen-bond donors (Lipinski definition) is 2. The van der Waals surface area contributed by atoms with E-state index in [1.165, 1.54) is 36.4 Å². The first-order chi connectivity index (χ1) is 10.9. The molecule has 0 radical (unpaired) electrons. The highest BCUT2D eigenvalue weighted by atomic mass is 32.2. The molecule has 0 aliphatic carbocycles. The van der Waals surface area contributed by atoms with Gasteiger partial charge >= 0.3 is 5.97 Å². The number of sulfonamides is 1. The van der Waals surface area contributed by atoms with Crippen LogP contribution < -0.4 is 4.72 Å². The minimum absolute atomic E-state index is 0.0625. The van der Waals surface area contributed by atoms with Gasteiger partial charge in [-0.3, -0.25) is 4.79 Å². The number of halogens is 1. The Morgan fingerprint density at radius 3 is 2.26 bits per heavy atom. The van der Waals surface area contributed by atoms with Crippen molar-refractivity contribution in [1.29, 1.82) is 0 Å². The van der Waals surface area contributed by atoms with E-state index in [1.807, 2.05) is 0 Å². The third-order valence-electron chi connectivity index (χ3n) is 3.27. The summed E-state index contributed by atoms with van der Waals surface area (Å²) in [5.41, 5.74) is 0.507. The molecule has 0 saturated heterocycles. The topological polar surface area (TPSA) is 83.5 Å². The Labute approximate surface area is 133 Å². The molecular weight excluding hydrogens is 321 g/mol. The molecule has 0 bridgehead atoms. The molecule has 0 spiro atoms. The Kier molecular flexibility index (Phi) is 5.46. The lowest BCUT2D eigenvalue weighted by molar-refractivity contribution is -0.137. The first-order valence-electron chi connectivity index (χ1n) is 6.93. The van der Waals surface area contributed by atoms with Crippen LogP contribution in [0.1, 0.15) is 24.4 Å². The average Bonchev–Trinajstić information content (AvgIpc) is 2.53. The van der Waals surface area contributed by atoms with Crippen LogP contribution in [0.25, 0.3) is 0 Å². The summed E-state index contributed by atoms with van der Waals surface area (Å²) in [5, 5.41) is 8.83. The minimum atomic E-state index is -3.80. The second-order valence-corrected chi connectivity index (χ2v) is 6.68. The second-order valence-electron chi connectivity index (χ2n) is 4.97. The molecule has 2 rings (SSSR count). The van der Waals surface area contributed by atoms with Crippen molar-refractivity contribution in [1.82, 2.24) is 4.72 Å². The Balaban J connectivity index is 2.27. The van der Waals surface area contributed by atoms with Gasteiger partial charge in [0.1, 0.15) is 5.82 Å². The standard InChI is InChI=1S/C16H16FNO4S/c17-13-8-6-12(7-9-13)15(10-11-16(19)20)18-23(21,22)14-4-2-1-3-5-14/h1-9,15,18H,10-11H2,(H,19,20). The number of carboxylic acid groups (broad SMARTS) is 1. The molecule has 0 fully saturated rings. The van der Waals surface area contributed by atoms with Crippen molar-refractivity contribution in [2.75, 3.05) is 0 Å². The quantitative estimate of drug-likeness (QED) is 0.814. The molecule has 2 aromatic rings. The van der Waals surface area contributed by atoms with E-state index in [1.54, 1.807) is 18.2 Å². The van der Waals surface area contributed by atoms with Crippen LogP contribution >= 0.6 is 0 Å². The number of carbonyl (C=O) groups is 1. The number of nitrogens with one attached hydrogen (secondary N) is 1. The van der Waals surface area contributed by atoms with E-state index in [9.17, 15) is 17.6 Å². The number of rotatable bonds is 7. The molecule has 0 aromatic heterocycles. The van der Waals surface area contributed by atoms with Gasteiger partial charge in [-0.25, -0.2) is 17.5 Å². The van der Waals surface area contributed by atoms with Gasteiger partial charge in [-0.05, 0) is 36.2 Å². The van der Waals surface area contributed by atoms with Crippen LogP contribution in [0.15, 0.2) is 59.5 Å². The zero-order valence-electron chi connectivity index (χ0n) is 12.1. The maximum atomic E-state index is 13.0. The number of aliphatic carboxylic acids is 1. The van der Waals surface area contributed by atoms with Gasteiger partial charge < -0.3 is 5.11 Å². The Morgan fingerprint density at radius 1 is 1.09 bits per heavy atom. The molecule has 0 amide bonds. The van der Waals surface area contributed by atoms with Crippen LogP contribution in [0.2, 0.25) is 0 Å². The van der Waals surface area contributed by atoms with Gasteiger partial charge in [0.15, 0.2) is 0 Å². The van der Waals surface area contributed by atoms with Crippen LogP contribution in [0.4, 0.5) is 4.39 Å². The molecule has 122 valence electrons. The summed E-state index contributed by atoms with van der Waals surface area (Å²) in [6.07, 6.45) is -0.146. The Morgan fingerprint density at radius 2 is 1.70 bits per heavy atom. The van der Waals surface area contributed by atoms with E-state index >= 15 is 0 Å². The summed E-state index contributed by atoms with van der Waals surface area (Å²) in [4.78, 5) is 10.9. The van der Waals surface area contributed by atoms with Gasteiger partial charge in [-0.2, -0.15) is 0 Å². The average molecular weight is 337 g/mol. The number of carboxylic acids is 1. The molecule has 23 heavy (non-hydrogen) atoms. The van der Waals surface area contributed by atoms with Crippen LogP contribution in [-0.4, -0.2) is 19.5 Å². The summed E-state index contributed by atoms with van der Waals surface area (Å²) in [7, 11) is -3.80. The van der Waals surface area contributed by atoms with Gasteiger partial charge in [-0.1, -0.05) is 30.3 Å². The van der Waals surface area contributed by atoms with Gasteiger partial charge in [-0.15, -0.1) is 0 Å². The van der Waals surface area contributed by atoms with Crippen molar-refractivity contribution in [2.45, 2.75) is 23.8 Å². The molecule has 0 aliphatic heterocycles. The van der Waals surface area contributed by atoms with E-state index in [-0.39, 0.29) is 17.7 Å². The molecule has 7 heteroatoms. The fraction of sp³-hybridized carbons (Fsp3) is 0.188. The molecule has 2 aromatic carbocycles. The van der Waals surface area contributed by atoms with Crippen molar-refractivity contribution in [3.05, 3.63) is 66.0 Å². The predicted molar refractivity (Wildman–Crippen MR) is 82.8 cm³/mol. The van der Waals surface area contributed by atoms with E-state index in [2.05, 4.69) is 4.72 Å². The van der Waals surface area contributed by atoms with Gasteiger partial charge in [0.2, 0.25) is 10.0 Å². The van der Waals surface area contributed by atoms with E-state index in [0.29, 0.717) is 5.56 Å². The largest absolute Gasteiger partial charge is 0.481 e. The molecule has 2 N–H and O–H groups in total. The summed E-state index contributed by atoms with van der Waals surface area (Å²) >= 11 is 0. The van der Waals surface area contributed by atoms with Crippen LogP contribution in [0, 0.1) is 5.82 Å². The third-order valence-corrected chi connectivity index (χ3v) is 4.76. The zero-order valence-corrected chi connectivity index (χ0v) is 13.0. The van der Waals surface area contributed by atoms with Gasteiger partial charge in [0.05, 0.1) is 4.90 Å². The number of hydrogen-bond acceptors (Lipinski definition) is 3. The highest BCUT2D eigenvalue weighted by Crippen LogP contribution is 2.22. The monoisotopic (exact) mass is 337 g/mol. The van der Waals surface area contributed by atoms with Crippen LogP contribution in [0.3, 0.4) is 0 Å². The molecular formula is C16H16FNO4S. The molecule has 1 atom stereocenters. The van der Waals surface area contributed by atoms with E-state index in [0.717, 1.165) is 0 Å². The normalized spacial score (nSPS) is 12.7. The van der Waals surface area contributed by atoms with E-state index < -0.39 is 27.9 Å². The first kappa shape index (κ1) is 17.1. The summed E-state index contributed by atoms with van der Waals surface area (Å²) < 4.78 is 40.3. The highest BCUT2D eigenvalue weighted by Gasteiger charge is 2.22. The minimum Gasteiger partial charge on any atom is -0.481 e. The molecule has 1 unspecified atom stereocenters. The lowest BCUT2D eigenvalue weighted by atomic mass is 10.0. The van der Waals surface area contributed by atoms with Crippen molar-refractivity contribution >= 4 is 16.0 Å². The molecule has 0 saturated carbocycles. The number of benzene rings is 2. The molecule has 0 aliphatic rings. The summed E-state index contributed by atoms with van der Waals surface area (Å²) in [6, 6.07) is 12.3. The smallest absolute Gasteiger partial charge is 0.303 e. The summed E-state index contributed by atoms with van der Waals surface area (Å²) in [5.74, 6) is -1.48. The zero-order chi connectivity index (χ0) is 16.9. The fourth-order valence-electron chi connectivity index (χ4n) is 2.11. The second kappa shape index (κ2) is 7.34. The van der Waals surface area contributed by atoms with Gasteiger partial charge in [0, 0.05) is 12.5 Å². The van der Waals surface area contributed by atoms with Crippen molar-refractivity contribution in [2.24, 2.45) is 0 Å². The third kappa shape index (κ3) is 4.87. The first-order valence-corrected chi connectivity index (χ1v) is 8.41. The lowest BCUT2D eigenvalue weighted by Gasteiger charge is -2.18. The Bertz CT molecular complexity index is 760. The Hall–Kier alpha value is -2.25. The summed E-state index contributed by atoms with van der Waals surface area (Å²) in [6.45, 7) is 0. The molecule has 0 heterocycles. The highest BCUT2D eigenvalue weighted by molar-refractivity contribution is 7.89. The lowest BCUT2D eigenvalue weighted by Crippen LogP contribution is -2.29. The van der Waals surface area contributed by atoms with Crippen LogP contribution in [0.5, 0.6) is 0 Å². The fourth-order valence-corrected chi connectivity index (χ4v) is 3.39. The molecule has 5 nitrogen and oxygen atoms in total. The maximum absolute atomic E-state index is 13.0. The van der Waals surface area contributed by atoms with Crippen molar-refractivity contribution in [3.63, 3.8) is 0 Å². The van der Waals surface area contributed by atoms with Gasteiger partial charge in [0.25, 0.3) is 0 Å². The van der Waals surface area contributed by atoms with Crippen molar-refractivity contribution in [3.8, 4) is 0 Å². The van der Waals surface area contributed by atoms with E-state index in [4.69, 9.17) is 5.11 Å². The maximum Gasteiger partial charge on any atom is 0.303 e. The predicted octanol–water partition coefficient (Wildman–Crippen LogP) is 2.71. The van der Waals surface area contributed by atoms with Crippen molar-refractivity contribution < 1.29 is 22.7 Å². The van der Waals surface area contributed by atoms with Crippen LogP contribution in [-0.2, 0) is 14.8 Å². The SMILES string of the molecule is O=C(O)CCC(NS(=O)(=O)c1ccccc1)c1ccc(F)cc1.